The molecule has 31 heavy (non-hydrogen) atoms. The fourth-order valence-corrected chi connectivity index (χ4v) is 3.32. The summed E-state index contributed by atoms with van der Waals surface area (Å²) in [4.78, 5) is 24.0. The third kappa shape index (κ3) is 4.79. The second-order valence-electron chi connectivity index (χ2n) is 6.79. The first-order valence-corrected chi connectivity index (χ1v) is 9.06. The molecule has 13 heteroatoms. The van der Waals surface area contributed by atoms with Crippen molar-refractivity contribution in [2.75, 3.05) is 12.4 Å². The van der Waals surface area contributed by atoms with Crippen molar-refractivity contribution >= 4 is 29.2 Å². The Morgan fingerprint density at radius 2 is 2.06 bits per heavy atom. The Labute approximate surface area is 178 Å². The number of hydrogen-bond donors (Lipinski definition) is 2. The van der Waals surface area contributed by atoms with Gasteiger partial charge in [-0.3, -0.25) is 4.79 Å². The number of halogens is 5. The molecule has 0 radical (unpaired) electrons. The van der Waals surface area contributed by atoms with Gasteiger partial charge >= 0.3 is 6.18 Å². The highest BCUT2D eigenvalue weighted by Gasteiger charge is 2.50. The molecule has 8 nitrogen and oxygen atoms in total. The summed E-state index contributed by atoms with van der Waals surface area (Å²) in [7, 11) is 1.37. The molecule has 2 atom stereocenters. The van der Waals surface area contributed by atoms with E-state index in [1.54, 1.807) is 0 Å². The van der Waals surface area contributed by atoms with E-state index in [9.17, 15) is 22.4 Å². The summed E-state index contributed by atoms with van der Waals surface area (Å²) < 4.78 is 63.6. The summed E-state index contributed by atoms with van der Waals surface area (Å²) in [5.41, 5.74) is 3.48. The molecule has 0 bridgehead atoms. The van der Waals surface area contributed by atoms with Gasteiger partial charge in [-0.05, 0) is 19.1 Å². The van der Waals surface area contributed by atoms with Crippen LogP contribution < -0.4 is 15.8 Å². The number of nitrogens with one attached hydrogen (secondary N) is 1. The monoisotopic (exact) mass is 461 g/mol. The van der Waals surface area contributed by atoms with Crippen LogP contribution in [0.4, 0.5) is 23.2 Å². The van der Waals surface area contributed by atoms with Gasteiger partial charge in [0.1, 0.15) is 11.5 Å². The number of amides is 1. The van der Waals surface area contributed by atoms with Crippen molar-refractivity contribution in [3.63, 3.8) is 0 Å². The predicted molar refractivity (Wildman–Crippen MR) is 102 cm³/mol. The number of ether oxygens (including phenoxy) is 2. The Balaban J connectivity index is 1.95. The Kier molecular flexibility index (Phi) is 5.94. The highest BCUT2D eigenvalue weighted by molar-refractivity contribution is 6.31. The Hall–Kier alpha value is -3.15. The molecule has 1 aromatic carbocycles. The SMILES string of the molecule is COc1cnc(C(=O)Nc2cc(F)c(Cl)c(C3(C)CC(C(F)(F)F)OC(N)=N3)c2)cn1. The lowest BCUT2D eigenvalue weighted by molar-refractivity contribution is -0.208. The van der Waals surface area contributed by atoms with Crippen molar-refractivity contribution in [2.24, 2.45) is 10.7 Å². The smallest absolute Gasteiger partial charge is 0.425 e. The van der Waals surface area contributed by atoms with Gasteiger partial charge in [0.2, 0.25) is 5.88 Å². The molecule has 1 aliphatic heterocycles. The Morgan fingerprint density at radius 1 is 1.35 bits per heavy atom. The van der Waals surface area contributed by atoms with Gasteiger partial charge in [0, 0.05) is 17.7 Å². The number of nitrogens with two attached hydrogens (primary N) is 1. The molecule has 0 saturated carbocycles. The molecular weight excluding hydrogens is 446 g/mol. The molecule has 2 aromatic rings. The van der Waals surface area contributed by atoms with Crippen molar-refractivity contribution in [3.05, 3.63) is 46.6 Å². The van der Waals surface area contributed by atoms with Crippen LogP contribution in [0.2, 0.25) is 5.02 Å². The molecule has 0 saturated heterocycles. The first-order valence-electron chi connectivity index (χ1n) is 8.68. The van der Waals surface area contributed by atoms with E-state index >= 15 is 0 Å². The molecule has 3 N–H and O–H groups in total. The zero-order valence-corrected chi connectivity index (χ0v) is 16.9. The lowest BCUT2D eigenvalue weighted by Crippen LogP contribution is -2.46. The fraction of sp³-hybridized carbons (Fsp3) is 0.333. The van der Waals surface area contributed by atoms with Crippen LogP contribution in [-0.2, 0) is 10.3 Å². The number of hydrogen-bond acceptors (Lipinski definition) is 7. The van der Waals surface area contributed by atoms with E-state index in [0.29, 0.717) is 0 Å². The number of anilines is 1. The molecule has 1 aromatic heterocycles. The van der Waals surface area contributed by atoms with Crippen molar-refractivity contribution in [3.8, 4) is 5.88 Å². The van der Waals surface area contributed by atoms with Crippen LogP contribution in [0.5, 0.6) is 5.88 Å². The summed E-state index contributed by atoms with van der Waals surface area (Å²) in [5, 5.41) is 1.94. The Bertz CT molecular complexity index is 1030. The lowest BCUT2D eigenvalue weighted by Gasteiger charge is -2.36. The number of benzene rings is 1. The Morgan fingerprint density at radius 3 is 2.65 bits per heavy atom. The van der Waals surface area contributed by atoms with E-state index in [4.69, 9.17) is 22.1 Å². The highest BCUT2D eigenvalue weighted by atomic mass is 35.5. The van der Waals surface area contributed by atoms with Crippen LogP contribution in [-0.4, -0.2) is 41.3 Å². The molecule has 1 amide bonds. The van der Waals surface area contributed by atoms with Crippen LogP contribution in [0, 0.1) is 5.82 Å². The number of rotatable bonds is 4. The largest absolute Gasteiger partial charge is 0.480 e. The van der Waals surface area contributed by atoms with Gasteiger partial charge < -0.3 is 20.5 Å². The number of carbonyl (C=O) groups excluding carboxylic acids is 1. The minimum atomic E-state index is -4.73. The fourth-order valence-electron chi connectivity index (χ4n) is 3.00. The number of aliphatic imine (C=N–C) groups is 1. The quantitative estimate of drug-likeness (QED) is 0.675. The number of methoxy groups -OCH3 is 1. The maximum absolute atomic E-state index is 14.5. The van der Waals surface area contributed by atoms with Gasteiger partial charge in [0.25, 0.3) is 11.9 Å². The van der Waals surface area contributed by atoms with E-state index in [1.165, 1.54) is 26.3 Å². The van der Waals surface area contributed by atoms with Gasteiger partial charge in [-0.25, -0.2) is 19.4 Å². The lowest BCUT2D eigenvalue weighted by atomic mass is 9.85. The van der Waals surface area contributed by atoms with Gasteiger partial charge in [0.15, 0.2) is 6.10 Å². The summed E-state index contributed by atoms with van der Waals surface area (Å²) in [5.74, 6) is -1.53. The van der Waals surface area contributed by atoms with E-state index in [0.717, 1.165) is 12.3 Å². The van der Waals surface area contributed by atoms with Crippen molar-refractivity contribution in [2.45, 2.75) is 31.2 Å². The highest BCUT2D eigenvalue weighted by Crippen LogP contribution is 2.43. The van der Waals surface area contributed by atoms with Crippen molar-refractivity contribution in [1.29, 1.82) is 0 Å². The maximum Gasteiger partial charge on any atom is 0.425 e. The average Bonchev–Trinajstić information content (AvgIpc) is 2.69. The zero-order valence-electron chi connectivity index (χ0n) is 16.1. The standard InChI is InChI=1S/C18H16ClF4N5O3/c1-17(5-12(18(21,22)23)31-16(24)28-17)9-3-8(4-10(20)14(9)19)27-15(29)11-6-26-13(30-2)7-25-11/h3-4,6-7,12H,5H2,1-2H3,(H2,24,28)(H,27,29). The van der Waals surface area contributed by atoms with E-state index < -0.39 is 47.0 Å². The van der Waals surface area contributed by atoms with E-state index in [2.05, 4.69) is 25.0 Å². The first kappa shape index (κ1) is 22.5. The summed E-state index contributed by atoms with van der Waals surface area (Å²) in [6.45, 7) is 1.31. The number of nitrogens with zero attached hydrogens (tertiary/aromatic N) is 3. The topological polar surface area (TPSA) is 112 Å². The van der Waals surface area contributed by atoms with Crippen LogP contribution in [0.25, 0.3) is 0 Å². The molecule has 1 aliphatic rings. The molecule has 3 rings (SSSR count). The minimum Gasteiger partial charge on any atom is -0.480 e. The minimum absolute atomic E-state index is 0.0791. The third-order valence-electron chi connectivity index (χ3n) is 4.50. The molecule has 2 unspecified atom stereocenters. The van der Waals surface area contributed by atoms with Crippen LogP contribution >= 0.6 is 11.6 Å². The summed E-state index contributed by atoms with van der Waals surface area (Å²) in [6, 6.07) is 1.42. The molecule has 2 heterocycles. The van der Waals surface area contributed by atoms with Crippen molar-refractivity contribution in [1.82, 2.24) is 9.97 Å². The zero-order chi connectivity index (χ0) is 23.0. The second kappa shape index (κ2) is 8.17. The van der Waals surface area contributed by atoms with Crippen molar-refractivity contribution < 1.29 is 31.8 Å². The first-order chi connectivity index (χ1) is 14.4. The van der Waals surface area contributed by atoms with E-state index in [1.807, 2.05) is 0 Å². The van der Waals surface area contributed by atoms with Crippen LogP contribution in [0.1, 0.15) is 29.4 Å². The number of alkyl halides is 3. The third-order valence-corrected chi connectivity index (χ3v) is 4.89. The van der Waals surface area contributed by atoms with Crippen LogP contribution in [0.15, 0.2) is 29.5 Å². The summed E-state index contributed by atoms with van der Waals surface area (Å²) in [6.07, 6.45) is -5.34. The van der Waals surface area contributed by atoms with Gasteiger partial charge in [0.05, 0.1) is 30.1 Å². The normalized spacial score (nSPS) is 21.1. The second-order valence-corrected chi connectivity index (χ2v) is 7.17. The molecule has 166 valence electrons. The molecule has 0 spiro atoms. The average molecular weight is 462 g/mol. The maximum atomic E-state index is 14.5. The van der Waals surface area contributed by atoms with Gasteiger partial charge in [-0.2, -0.15) is 13.2 Å². The molecular formula is C18H16ClF4N5O3. The summed E-state index contributed by atoms with van der Waals surface area (Å²) >= 11 is 6.03. The predicted octanol–water partition coefficient (Wildman–Crippen LogP) is 3.41. The van der Waals surface area contributed by atoms with Gasteiger partial charge in [-0.15, -0.1) is 0 Å². The van der Waals surface area contributed by atoms with Gasteiger partial charge in [-0.1, -0.05) is 11.6 Å². The number of aromatic nitrogens is 2. The van der Waals surface area contributed by atoms with Crippen LogP contribution in [0.3, 0.4) is 0 Å². The molecule has 0 aliphatic carbocycles. The number of carbonyl (C=O) groups is 1. The molecule has 0 fully saturated rings. The number of amidine groups is 1. The van der Waals surface area contributed by atoms with E-state index in [-0.39, 0.29) is 22.8 Å².